The predicted octanol–water partition coefficient (Wildman–Crippen LogP) is 2.96. The molecular formula is C17H14N2O. The Kier molecular flexibility index (Phi) is 3.42. The van der Waals surface area contributed by atoms with Gasteiger partial charge in [0, 0.05) is 18.0 Å². The highest BCUT2D eigenvalue weighted by molar-refractivity contribution is 5.57. The Morgan fingerprint density at radius 1 is 0.900 bits per heavy atom. The largest absolute Gasteiger partial charge is 0.308 e. The summed E-state index contributed by atoms with van der Waals surface area (Å²) in [5.74, 6) is 0. The number of hydrogen-bond acceptors (Lipinski definition) is 2. The lowest BCUT2D eigenvalue weighted by Gasteiger charge is -2.07. The Labute approximate surface area is 117 Å². The molecule has 0 saturated heterocycles. The van der Waals surface area contributed by atoms with E-state index in [0.717, 1.165) is 11.1 Å². The first kappa shape index (κ1) is 12.4. The van der Waals surface area contributed by atoms with Crippen molar-refractivity contribution < 1.29 is 0 Å². The fraction of sp³-hybridized carbons (Fsp3) is 0.0588. The molecule has 20 heavy (non-hydrogen) atoms. The molecule has 1 aromatic heterocycles. The molecule has 98 valence electrons. The second-order valence-corrected chi connectivity index (χ2v) is 4.56. The van der Waals surface area contributed by atoms with E-state index in [1.807, 2.05) is 60.7 Å². The van der Waals surface area contributed by atoms with Crippen molar-refractivity contribution in [2.24, 2.45) is 0 Å². The quantitative estimate of drug-likeness (QED) is 0.727. The van der Waals surface area contributed by atoms with Gasteiger partial charge in [-0.2, -0.15) is 0 Å². The maximum Gasteiger partial charge on any atom is 0.277 e. The van der Waals surface area contributed by atoms with Gasteiger partial charge < -0.3 is 4.57 Å². The Morgan fingerprint density at radius 2 is 1.55 bits per heavy atom. The minimum absolute atomic E-state index is 0.0671. The molecule has 3 aromatic rings. The molecule has 0 saturated carbocycles. The molecule has 0 N–H and O–H groups in total. The molecule has 0 amide bonds. The maximum atomic E-state index is 12.5. The number of hydrogen-bond donors (Lipinski definition) is 0. The molecule has 2 aromatic carbocycles. The summed E-state index contributed by atoms with van der Waals surface area (Å²) in [5, 5.41) is 0. The van der Waals surface area contributed by atoms with Crippen molar-refractivity contribution in [3.63, 3.8) is 0 Å². The normalized spacial score (nSPS) is 10.4. The summed E-state index contributed by atoms with van der Waals surface area (Å²) in [5.41, 5.74) is 2.37. The lowest BCUT2D eigenvalue weighted by atomic mass is 10.1. The third-order valence-electron chi connectivity index (χ3n) is 3.16. The SMILES string of the molecule is O=c1c(-c2ccccc2)nccn1Cc1ccccc1. The van der Waals surface area contributed by atoms with E-state index in [4.69, 9.17) is 0 Å². The highest BCUT2D eigenvalue weighted by Gasteiger charge is 2.07. The summed E-state index contributed by atoms with van der Waals surface area (Å²) in [7, 11) is 0. The second kappa shape index (κ2) is 5.53. The van der Waals surface area contributed by atoms with Crippen molar-refractivity contribution in [3.8, 4) is 11.3 Å². The van der Waals surface area contributed by atoms with Crippen molar-refractivity contribution >= 4 is 0 Å². The number of nitrogens with zero attached hydrogens (tertiary/aromatic N) is 2. The molecule has 3 rings (SSSR count). The topological polar surface area (TPSA) is 34.9 Å². The molecule has 0 spiro atoms. The van der Waals surface area contributed by atoms with Crippen LogP contribution in [0.3, 0.4) is 0 Å². The zero-order valence-electron chi connectivity index (χ0n) is 10.9. The van der Waals surface area contributed by atoms with E-state index < -0.39 is 0 Å². The van der Waals surface area contributed by atoms with Crippen LogP contribution in [0.15, 0.2) is 77.9 Å². The summed E-state index contributed by atoms with van der Waals surface area (Å²) >= 11 is 0. The molecule has 1 heterocycles. The maximum absolute atomic E-state index is 12.5. The third-order valence-corrected chi connectivity index (χ3v) is 3.16. The minimum atomic E-state index is -0.0671. The molecule has 0 aliphatic carbocycles. The Balaban J connectivity index is 2.00. The van der Waals surface area contributed by atoms with Gasteiger partial charge in [0.15, 0.2) is 0 Å². The van der Waals surface area contributed by atoms with Gasteiger partial charge in [-0.15, -0.1) is 0 Å². The van der Waals surface area contributed by atoms with E-state index in [9.17, 15) is 4.79 Å². The summed E-state index contributed by atoms with van der Waals surface area (Å²) in [6.07, 6.45) is 3.40. The molecule has 0 fully saturated rings. The average molecular weight is 262 g/mol. The first-order valence-corrected chi connectivity index (χ1v) is 6.49. The van der Waals surface area contributed by atoms with Crippen LogP contribution in [-0.4, -0.2) is 9.55 Å². The summed E-state index contributed by atoms with van der Waals surface area (Å²) in [4.78, 5) is 16.7. The van der Waals surface area contributed by atoms with Crippen LogP contribution in [-0.2, 0) is 6.54 Å². The Morgan fingerprint density at radius 3 is 2.25 bits per heavy atom. The van der Waals surface area contributed by atoms with Crippen LogP contribution in [0.1, 0.15) is 5.56 Å². The van der Waals surface area contributed by atoms with E-state index in [1.54, 1.807) is 17.0 Å². The van der Waals surface area contributed by atoms with E-state index in [1.165, 1.54) is 0 Å². The van der Waals surface area contributed by atoms with Gasteiger partial charge in [0.2, 0.25) is 0 Å². The van der Waals surface area contributed by atoms with Gasteiger partial charge in [0.05, 0.1) is 6.54 Å². The van der Waals surface area contributed by atoms with Crippen LogP contribution < -0.4 is 5.56 Å². The fourth-order valence-electron chi connectivity index (χ4n) is 2.15. The average Bonchev–Trinajstić information content (AvgIpc) is 2.51. The molecule has 0 aliphatic heterocycles. The van der Waals surface area contributed by atoms with Crippen molar-refractivity contribution in [1.29, 1.82) is 0 Å². The van der Waals surface area contributed by atoms with Gasteiger partial charge in [0.1, 0.15) is 5.69 Å². The van der Waals surface area contributed by atoms with E-state index >= 15 is 0 Å². The van der Waals surface area contributed by atoms with Gasteiger partial charge in [-0.25, -0.2) is 4.98 Å². The zero-order chi connectivity index (χ0) is 13.8. The summed E-state index contributed by atoms with van der Waals surface area (Å²) < 4.78 is 1.69. The molecular weight excluding hydrogens is 248 g/mol. The molecule has 0 unspecified atom stereocenters. The fourth-order valence-corrected chi connectivity index (χ4v) is 2.15. The van der Waals surface area contributed by atoms with Crippen molar-refractivity contribution in [3.05, 3.63) is 89.0 Å². The van der Waals surface area contributed by atoms with Crippen LogP contribution in [0.5, 0.6) is 0 Å². The van der Waals surface area contributed by atoms with Crippen molar-refractivity contribution in [2.45, 2.75) is 6.54 Å². The molecule has 3 nitrogen and oxygen atoms in total. The summed E-state index contributed by atoms with van der Waals surface area (Å²) in [6, 6.07) is 19.5. The van der Waals surface area contributed by atoms with Gasteiger partial charge in [-0.3, -0.25) is 4.79 Å². The van der Waals surface area contributed by atoms with Crippen LogP contribution in [0.2, 0.25) is 0 Å². The molecule has 0 bridgehead atoms. The molecule has 3 heteroatoms. The number of benzene rings is 2. The summed E-state index contributed by atoms with van der Waals surface area (Å²) in [6.45, 7) is 0.558. The Hall–Kier alpha value is -2.68. The monoisotopic (exact) mass is 262 g/mol. The van der Waals surface area contributed by atoms with E-state index in [0.29, 0.717) is 12.2 Å². The highest BCUT2D eigenvalue weighted by atomic mass is 16.1. The van der Waals surface area contributed by atoms with Gasteiger partial charge in [0.25, 0.3) is 5.56 Å². The van der Waals surface area contributed by atoms with E-state index in [2.05, 4.69) is 4.98 Å². The first-order chi connectivity index (χ1) is 9.84. The van der Waals surface area contributed by atoms with Gasteiger partial charge >= 0.3 is 0 Å². The van der Waals surface area contributed by atoms with Gasteiger partial charge in [-0.1, -0.05) is 60.7 Å². The lowest BCUT2D eigenvalue weighted by Crippen LogP contribution is -2.22. The van der Waals surface area contributed by atoms with E-state index in [-0.39, 0.29) is 5.56 Å². The predicted molar refractivity (Wildman–Crippen MR) is 79.5 cm³/mol. The lowest BCUT2D eigenvalue weighted by molar-refractivity contribution is 0.751. The van der Waals surface area contributed by atoms with Crippen molar-refractivity contribution in [2.75, 3.05) is 0 Å². The minimum Gasteiger partial charge on any atom is -0.308 e. The number of rotatable bonds is 3. The number of aromatic nitrogens is 2. The van der Waals surface area contributed by atoms with Crippen LogP contribution in [0.4, 0.5) is 0 Å². The van der Waals surface area contributed by atoms with Crippen LogP contribution in [0.25, 0.3) is 11.3 Å². The molecule has 0 radical (unpaired) electrons. The third kappa shape index (κ3) is 2.52. The van der Waals surface area contributed by atoms with Crippen molar-refractivity contribution in [1.82, 2.24) is 9.55 Å². The van der Waals surface area contributed by atoms with Gasteiger partial charge in [-0.05, 0) is 5.56 Å². The highest BCUT2D eigenvalue weighted by Crippen LogP contribution is 2.11. The zero-order valence-corrected chi connectivity index (χ0v) is 10.9. The second-order valence-electron chi connectivity index (χ2n) is 4.56. The Bertz CT molecular complexity index is 749. The smallest absolute Gasteiger partial charge is 0.277 e. The van der Waals surface area contributed by atoms with Crippen LogP contribution in [0, 0.1) is 0 Å². The standard InChI is InChI=1S/C17H14N2O/c20-17-16(15-9-5-2-6-10-15)18-11-12-19(17)13-14-7-3-1-4-8-14/h1-12H,13H2. The van der Waals surface area contributed by atoms with Crippen LogP contribution >= 0.6 is 0 Å². The first-order valence-electron chi connectivity index (χ1n) is 6.49. The molecule has 0 atom stereocenters. The molecule has 0 aliphatic rings.